The molecule has 3 heterocycles. The number of aromatic nitrogens is 4. The lowest BCUT2D eigenvalue weighted by molar-refractivity contribution is 0.199. The van der Waals surface area contributed by atoms with E-state index in [-0.39, 0.29) is 5.95 Å². The molecule has 4 rings (SSSR count). The van der Waals surface area contributed by atoms with Crippen molar-refractivity contribution in [3.8, 4) is 28.3 Å². The zero-order valence-corrected chi connectivity index (χ0v) is 17.0. The highest BCUT2D eigenvalue weighted by Crippen LogP contribution is 2.32. The van der Waals surface area contributed by atoms with E-state index in [1.54, 1.807) is 30.9 Å². The van der Waals surface area contributed by atoms with Crippen LogP contribution in [0, 0.1) is 6.92 Å². The fourth-order valence-electron chi connectivity index (χ4n) is 3.20. The van der Waals surface area contributed by atoms with E-state index in [1.165, 1.54) is 0 Å². The Morgan fingerprint density at radius 3 is 2.87 bits per heavy atom. The van der Waals surface area contributed by atoms with Gasteiger partial charge in [-0.1, -0.05) is 35.9 Å². The van der Waals surface area contributed by atoms with Crippen LogP contribution in [-0.4, -0.2) is 32.6 Å². The van der Waals surface area contributed by atoms with Crippen LogP contribution in [0.25, 0.3) is 22.4 Å². The number of hydrogen-bond donors (Lipinski definition) is 3. The SMILES string of the molecule is Cc1cccc(-c2cnc(N)nc2-c2c[nH]c(OC(=O)NCCc3cccnc3)c2)c1. The normalized spacial score (nSPS) is 10.6. The van der Waals surface area contributed by atoms with Gasteiger partial charge in [-0.15, -0.1) is 0 Å². The van der Waals surface area contributed by atoms with Gasteiger partial charge in [0.25, 0.3) is 0 Å². The van der Waals surface area contributed by atoms with Crippen LogP contribution in [0.4, 0.5) is 10.7 Å². The average Bonchev–Trinajstić information content (AvgIpc) is 3.22. The van der Waals surface area contributed by atoms with Gasteiger partial charge in [-0.2, -0.15) is 0 Å². The quantitative estimate of drug-likeness (QED) is 0.442. The van der Waals surface area contributed by atoms with E-state index < -0.39 is 6.09 Å². The van der Waals surface area contributed by atoms with Crippen LogP contribution >= 0.6 is 0 Å². The molecular weight excluding hydrogens is 392 g/mol. The van der Waals surface area contributed by atoms with Crippen LogP contribution in [0.1, 0.15) is 11.1 Å². The lowest BCUT2D eigenvalue weighted by Gasteiger charge is -2.08. The minimum absolute atomic E-state index is 0.170. The summed E-state index contributed by atoms with van der Waals surface area (Å²) < 4.78 is 5.35. The van der Waals surface area contributed by atoms with Gasteiger partial charge in [0, 0.05) is 48.5 Å². The molecule has 0 aliphatic rings. The van der Waals surface area contributed by atoms with E-state index in [2.05, 4.69) is 31.3 Å². The lowest BCUT2D eigenvalue weighted by Crippen LogP contribution is -2.28. The number of H-pyrrole nitrogens is 1. The summed E-state index contributed by atoms with van der Waals surface area (Å²) in [5.41, 5.74) is 11.2. The highest BCUT2D eigenvalue weighted by molar-refractivity contribution is 5.81. The molecular formula is C23H22N6O2. The van der Waals surface area contributed by atoms with Gasteiger partial charge < -0.3 is 20.8 Å². The first kappa shape index (κ1) is 20.1. The molecule has 0 fully saturated rings. The number of nitrogens with zero attached hydrogens (tertiary/aromatic N) is 3. The highest BCUT2D eigenvalue weighted by atomic mass is 16.6. The molecule has 0 bridgehead atoms. The number of nitrogen functional groups attached to an aromatic ring is 1. The van der Waals surface area contributed by atoms with Crippen molar-refractivity contribution >= 4 is 12.0 Å². The van der Waals surface area contributed by atoms with E-state index in [4.69, 9.17) is 10.5 Å². The van der Waals surface area contributed by atoms with Gasteiger partial charge in [0.1, 0.15) is 0 Å². The van der Waals surface area contributed by atoms with Crippen molar-refractivity contribution < 1.29 is 9.53 Å². The molecule has 3 aromatic heterocycles. The number of ether oxygens (including phenoxy) is 1. The first-order valence-corrected chi connectivity index (χ1v) is 9.81. The molecule has 0 radical (unpaired) electrons. The fraction of sp³-hybridized carbons (Fsp3) is 0.130. The fourth-order valence-corrected chi connectivity index (χ4v) is 3.20. The van der Waals surface area contributed by atoms with Crippen molar-refractivity contribution in [2.75, 3.05) is 12.3 Å². The van der Waals surface area contributed by atoms with Gasteiger partial charge in [0.05, 0.1) is 5.69 Å². The Labute approximate surface area is 179 Å². The molecule has 0 saturated heterocycles. The molecule has 1 amide bonds. The van der Waals surface area contributed by atoms with Gasteiger partial charge in [0.2, 0.25) is 11.8 Å². The molecule has 4 aromatic rings. The number of anilines is 1. The zero-order chi connectivity index (χ0) is 21.6. The molecule has 8 heteroatoms. The third-order valence-electron chi connectivity index (χ3n) is 4.67. The standard InChI is InChI=1S/C23H22N6O2/c1-15-4-2-6-17(10-15)19-14-28-22(24)29-21(19)18-11-20(27-13-18)31-23(30)26-9-7-16-5-3-8-25-12-16/h2-6,8,10-14,27H,7,9H2,1H3,(H,26,30)(H2,24,28,29). The van der Waals surface area contributed by atoms with Crippen molar-refractivity contribution in [1.29, 1.82) is 0 Å². The Morgan fingerprint density at radius 2 is 2.06 bits per heavy atom. The van der Waals surface area contributed by atoms with E-state index in [9.17, 15) is 4.79 Å². The Balaban J connectivity index is 1.46. The number of pyridine rings is 1. The van der Waals surface area contributed by atoms with Crippen LogP contribution < -0.4 is 15.8 Å². The summed E-state index contributed by atoms with van der Waals surface area (Å²) in [6.45, 7) is 2.47. The maximum Gasteiger partial charge on any atom is 0.413 e. The summed E-state index contributed by atoms with van der Waals surface area (Å²) in [4.78, 5) is 27.7. The molecule has 0 unspecified atom stereocenters. The molecule has 156 valence electrons. The average molecular weight is 414 g/mol. The largest absolute Gasteiger partial charge is 0.413 e. The third-order valence-corrected chi connectivity index (χ3v) is 4.67. The van der Waals surface area contributed by atoms with Crippen molar-refractivity contribution in [3.63, 3.8) is 0 Å². The number of hydrogen-bond acceptors (Lipinski definition) is 6. The van der Waals surface area contributed by atoms with Gasteiger partial charge >= 0.3 is 6.09 Å². The second kappa shape index (κ2) is 9.08. The maximum atomic E-state index is 12.1. The second-order valence-corrected chi connectivity index (χ2v) is 7.04. The van der Waals surface area contributed by atoms with Gasteiger partial charge in [0.15, 0.2) is 0 Å². The summed E-state index contributed by atoms with van der Waals surface area (Å²) in [5, 5.41) is 2.73. The van der Waals surface area contributed by atoms with E-state index in [0.29, 0.717) is 24.5 Å². The monoisotopic (exact) mass is 414 g/mol. The van der Waals surface area contributed by atoms with Crippen molar-refractivity contribution in [2.24, 2.45) is 0 Å². The predicted octanol–water partition coefficient (Wildman–Crippen LogP) is 3.76. The minimum atomic E-state index is -0.543. The Hall–Kier alpha value is -4.20. The Morgan fingerprint density at radius 1 is 1.16 bits per heavy atom. The number of rotatable bonds is 6. The highest BCUT2D eigenvalue weighted by Gasteiger charge is 2.14. The summed E-state index contributed by atoms with van der Waals surface area (Å²) >= 11 is 0. The number of nitrogens with one attached hydrogen (secondary N) is 2. The van der Waals surface area contributed by atoms with Gasteiger partial charge in [-0.3, -0.25) is 4.98 Å². The smallest absolute Gasteiger partial charge is 0.393 e. The molecule has 8 nitrogen and oxygen atoms in total. The predicted molar refractivity (Wildman–Crippen MR) is 118 cm³/mol. The van der Waals surface area contributed by atoms with E-state index in [0.717, 1.165) is 27.8 Å². The first-order valence-electron chi connectivity index (χ1n) is 9.81. The summed E-state index contributed by atoms with van der Waals surface area (Å²) in [7, 11) is 0. The summed E-state index contributed by atoms with van der Waals surface area (Å²) in [6, 6.07) is 13.6. The van der Waals surface area contributed by atoms with Crippen molar-refractivity contribution in [1.82, 2.24) is 25.3 Å². The molecule has 0 aliphatic carbocycles. The number of aryl methyl sites for hydroxylation is 1. The van der Waals surface area contributed by atoms with Crippen LogP contribution in [0.2, 0.25) is 0 Å². The van der Waals surface area contributed by atoms with Crippen LogP contribution in [0.15, 0.2) is 67.3 Å². The minimum Gasteiger partial charge on any atom is -0.393 e. The zero-order valence-electron chi connectivity index (χ0n) is 17.0. The second-order valence-electron chi connectivity index (χ2n) is 7.04. The van der Waals surface area contributed by atoms with Crippen LogP contribution in [0.5, 0.6) is 5.88 Å². The summed E-state index contributed by atoms with van der Waals surface area (Å²) in [6.07, 6.45) is 7.02. The van der Waals surface area contributed by atoms with Crippen molar-refractivity contribution in [2.45, 2.75) is 13.3 Å². The Bertz CT molecular complexity index is 1190. The van der Waals surface area contributed by atoms with Gasteiger partial charge in [-0.25, -0.2) is 14.8 Å². The molecule has 31 heavy (non-hydrogen) atoms. The molecule has 0 spiro atoms. The topological polar surface area (TPSA) is 119 Å². The molecule has 4 N–H and O–H groups in total. The number of benzene rings is 1. The number of aromatic amines is 1. The van der Waals surface area contributed by atoms with Crippen molar-refractivity contribution in [3.05, 3.63) is 78.4 Å². The van der Waals surface area contributed by atoms with Crippen LogP contribution in [0.3, 0.4) is 0 Å². The van der Waals surface area contributed by atoms with Gasteiger partial charge in [-0.05, 0) is 30.5 Å². The molecule has 0 saturated carbocycles. The number of carbonyl (C=O) groups is 1. The number of nitrogens with two attached hydrogens (primary N) is 1. The first-order chi connectivity index (χ1) is 15.1. The maximum absolute atomic E-state index is 12.1. The number of carbonyl (C=O) groups excluding carboxylic acids is 1. The van der Waals surface area contributed by atoms with Crippen LogP contribution in [-0.2, 0) is 6.42 Å². The third kappa shape index (κ3) is 5.05. The Kier molecular flexibility index (Phi) is 5.89. The van der Waals surface area contributed by atoms with E-state index in [1.807, 2.05) is 37.3 Å². The summed E-state index contributed by atoms with van der Waals surface area (Å²) in [5.74, 6) is 0.476. The molecule has 0 atom stereocenters. The lowest BCUT2D eigenvalue weighted by atomic mass is 10.0. The number of amides is 1. The molecule has 0 aliphatic heterocycles. The van der Waals surface area contributed by atoms with E-state index >= 15 is 0 Å². The molecule has 1 aromatic carbocycles.